The third-order valence-electron chi connectivity index (χ3n) is 4.61. The van der Waals surface area contributed by atoms with Crippen molar-refractivity contribution in [3.05, 3.63) is 34.9 Å². The quantitative estimate of drug-likeness (QED) is 0.831. The third kappa shape index (κ3) is 4.22. The molecule has 2 aliphatic heterocycles. The van der Waals surface area contributed by atoms with E-state index in [2.05, 4.69) is 15.9 Å². The number of amides is 1. The molecule has 0 aliphatic carbocycles. The number of carbonyl (C=O) groups excluding carboxylic acids is 1. The lowest BCUT2D eigenvalue weighted by molar-refractivity contribution is -0.135. The zero-order valence-electron chi connectivity index (χ0n) is 13.0. The van der Waals surface area contributed by atoms with Gasteiger partial charge in [-0.2, -0.15) is 0 Å². The Morgan fingerprint density at radius 1 is 1.05 bits per heavy atom. The zero-order valence-corrected chi connectivity index (χ0v) is 13.8. The Hall–Kier alpha value is -1.10. The van der Waals surface area contributed by atoms with Gasteiger partial charge in [0.2, 0.25) is 5.91 Å². The second-order valence-electron chi connectivity index (χ2n) is 6.23. The maximum atomic E-state index is 11.9. The summed E-state index contributed by atoms with van der Waals surface area (Å²) in [6.45, 7) is 8.01. The van der Waals surface area contributed by atoms with E-state index in [0.29, 0.717) is 12.3 Å². The fourth-order valence-electron chi connectivity index (χ4n) is 3.04. The average molecular weight is 322 g/mol. The topological polar surface area (TPSA) is 26.8 Å². The predicted molar refractivity (Wildman–Crippen MR) is 89.0 cm³/mol. The van der Waals surface area contributed by atoms with E-state index in [0.717, 1.165) is 57.4 Å². The number of hydrogen-bond acceptors (Lipinski definition) is 3. The van der Waals surface area contributed by atoms with Crippen LogP contribution in [0.15, 0.2) is 24.3 Å². The van der Waals surface area contributed by atoms with E-state index < -0.39 is 0 Å². The lowest BCUT2D eigenvalue weighted by atomic mass is 10.2. The summed E-state index contributed by atoms with van der Waals surface area (Å²) < 4.78 is 0. The van der Waals surface area contributed by atoms with Gasteiger partial charge in [0.1, 0.15) is 0 Å². The van der Waals surface area contributed by atoms with Gasteiger partial charge in [-0.1, -0.05) is 23.7 Å². The van der Waals surface area contributed by atoms with Crippen molar-refractivity contribution < 1.29 is 4.79 Å². The standard InChI is InChI=1S/C17H24ClN3O/c18-16-4-1-3-15(13-16)14-20-11-9-19(10-12-20)8-5-17(22)21-6-2-7-21/h1,3-4,13H,2,5-12,14H2. The summed E-state index contributed by atoms with van der Waals surface area (Å²) in [6.07, 6.45) is 1.85. The minimum atomic E-state index is 0.326. The van der Waals surface area contributed by atoms with Crippen LogP contribution in [0.1, 0.15) is 18.4 Å². The first kappa shape index (κ1) is 15.8. The molecule has 2 fully saturated rings. The van der Waals surface area contributed by atoms with Crippen LogP contribution < -0.4 is 0 Å². The maximum absolute atomic E-state index is 11.9. The first-order chi connectivity index (χ1) is 10.7. The first-order valence-corrected chi connectivity index (χ1v) is 8.55. The van der Waals surface area contributed by atoms with Crippen molar-refractivity contribution in [2.24, 2.45) is 0 Å². The Balaban J connectivity index is 1.37. The normalized spacial score (nSPS) is 20.0. The summed E-state index contributed by atoms with van der Waals surface area (Å²) >= 11 is 6.04. The van der Waals surface area contributed by atoms with Gasteiger partial charge in [-0.05, 0) is 24.1 Å². The molecule has 0 saturated carbocycles. The fraction of sp³-hybridized carbons (Fsp3) is 0.588. The van der Waals surface area contributed by atoms with Gasteiger partial charge >= 0.3 is 0 Å². The van der Waals surface area contributed by atoms with Gasteiger partial charge in [-0.25, -0.2) is 0 Å². The van der Waals surface area contributed by atoms with E-state index >= 15 is 0 Å². The monoisotopic (exact) mass is 321 g/mol. The molecule has 0 atom stereocenters. The number of halogens is 1. The van der Waals surface area contributed by atoms with Crippen LogP contribution in [0.4, 0.5) is 0 Å². The molecule has 0 bridgehead atoms. The molecule has 0 unspecified atom stereocenters. The van der Waals surface area contributed by atoms with Crippen molar-refractivity contribution in [3.63, 3.8) is 0 Å². The van der Waals surface area contributed by atoms with Crippen molar-refractivity contribution >= 4 is 17.5 Å². The summed E-state index contributed by atoms with van der Waals surface area (Å²) in [5.74, 6) is 0.326. The Labute approximate surface area is 137 Å². The van der Waals surface area contributed by atoms with E-state index in [1.54, 1.807) is 0 Å². The number of hydrogen-bond donors (Lipinski definition) is 0. The van der Waals surface area contributed by atoms with Crippen LogP contribution in [-0.2, 0) is 11.3 Å². The molecule has 0 spiro atoms. The molecule has 22 heavy (non-hydrogen) atoms. The van der Waals surface area contributed by atoms with E-state index in [4.69, 9.17) is 11.6 Å². The summed E-state index contributed by atoms with van der Waals surface area (Å²) in [5, 5.41) is 0.806. The summed E-state index contributed by atoms with van der Waals surface area (Å²) in [5.41, 5.74) is 1.27. The molecule has 0 N–H and O–H groups in total. The predicted octanol–water partition coefficient (Wildman–Crippen LogP) is 2.08. The highest BCUT2D eigenvalue weighted by molar-refractivity contribution is 6.30. The van der Waals surface area contributed by atoms with Crippen molar-refractivity contribution in [2.45, 2.75) is 19.4 Å². The van der Waals surface area contributed by atoms with E-state index in [1.807, 2.05) is 23.1 Å². The molecule has 0 aromatic heterocycles. The Morgan fingerprint density at radius 2 is 1.77 bits per heavy atom. The largest absolute Gasteiger partial charge is 0.343 e. The van der Waals surface area contributed by atoms with Gasteiger partial charge in [0.05, 0.1) is 0 Å². The van der Waals surface area contributed by atoms with Gasteiger partial charge in [0.25, 0.3) is 0 Å². The van der Waals surface area contributed by atoms with Crippen LogP contribution in [-0.4, -0.2) is 66.4 Å². The molecule has 1 amide bonds. The van der Waals surface area contributed by atoms with Gasteiger partial charge in [0.15, 0.2) is 0 Å². The molecule has 2 heterocycles. The lowest BCUT2D eigenvalue weighted by Crippen LogP contribution is -2.48. The van der Waals surface area contributed by atoms with Gasteiger partial charge in [-0.3, -0.25) is 9.69 Å². The second-order valence-corrected chi connectivity index (χ2v) is 6.67. The van der Waals surface area contributed by atoms with Crippen molar-refractivity contribution in [2.75, 3.05) is 45.8 Å². The fourth-order valence-corrected chi connectivity index (χ4v) is 3.25. The van der Waals surface area contributed by atoms with E-state index in [9.17, 15) is 4.79 Å². The van der Waals surface area contributed by atoms with E-state index in [1.165, 1.54) is 12.0 Å². The highest BCUT2D eigenvalue weighted by atomic mass is 35.5. The van der Waals surface area contributed by atoms with Crippen LogP contribution in [0.2, 0.25) is 5.02 Å². The summed E-state index contributed by atoms with van der Waals surface area (Å²) in [7, 11) is 0. The van der Waals surface area contributed by atoms with Crippen LogP contribution in [0.3, 0.4) is 0 Å². The minimum Gasteiger partial charge on any atom is -0.343 e. The number of carbonyl (C=O) groups is 1. The maximum Gasteiger partial charge on any atom is 0.223 e. The number of rotatable bonds is 5. The molecule has 5 heteroatoms. The highest BCUT2D eigenvalue weighted by Gasteiger charge is 2.22. The Morgan fingerprint density at radius 3 is 2.41 bits per heavy atom. The molecule has 1 aromatic rings. The lowest BCUT2D eigenvalue weighted by Gasteiger charge is -2.36. The number of nitrogens with zero attached hydrogens (tertiary/aromatic N) is 3. The van der Waals surface area contributed by atoms with Crippen molar-refractivity contribution in [3.8, 4) is 0 Å². The first-order valence-electron chi connectivity index (χ1n) is 8.18. The highest BCUT2D eigenvalue weighted by Crippen LogP contribution is 2.14. The summed E-state index contributed by atoms with van der Waals surface area (Å²) in [6, 6.07) is 8.09. The molecule has 0 radical (unpaired) electrons. The SMILES string of the molecule is O=C(CCN1CCN(Cc2cccc(Cl)c2)CC1)N1CCC1. The van der Waals surface area contributed by atoms with Crippen molar-refractivity contribution in [1.82, 2.24) is 14.7 Å². The smallest absolute Gasteiger partial charge is 0.223 e. The minimum absolute atomic E-state index is 0.326. The summed E-state index contributed by atoms with van der Waals surface area (Å²) in [4.78, 5) is 18.7. The molecule has 120 valence electrons. The molecule has 2 aliphatic rings. The number of likely N-dealkylation sites (tertiary alicyclic amines) is 1. The molecular formula is C17H24ClN3O. The van der Waals surface area contributed by atoms with Gasteiger partial charge in [0, 0.05) is 63.8 Å². The Kier molecular flexibility index (Phi) is 5.34. The van der Waals surface area contributed by atoms with Crippen molar-refractivity contribution in [1.29, 1.82) is 0 Å². The number of benzene rings is 1. The van der Waals surface area contributed by atoms with Crippen LogP contribution in [0.25, 0.3) is 0 Å². The molecule has 3 rings (SSSR count). The zero-order chi connectivity index (χ0) is 15.4. The molecular weight excluding hydrogens is 298 g/mol. The van der Waals surface area contributed by atoms with E-state index in [-0.39, 0.29) is 0 Å². The van der Waals surface area contributed by atoms with Crippen LogP contribution in [0.5, 0.6) is 0 Å². The average Bonchev–Trinajstić information content (AvgIpc) is 2.45. The third-order valence-corrected chi connectivity index (χ3v) is 4.85. The van der Waals surface area contributed by atoms with Gasteiger partial charge < -0.3 is 9.80 Å². The number of piperazine rings is 1. The second kappa shape index (κ2) is 7.44. The van der Waals surface area contributed by atoms with Crippen LogP contribution >= 0.6 is 11.6 Å². The molecule has 1 aromatic carbocycles. The van der Waals surface area contributed by atoms with Gasteiger partial charge in [-0.15, -0.1) is 0 Å². The Bertz CT molecular complexity index is 510. The molecule has 2 saturated heterocycles. The molecule has 4 nitrogen and oxygen atoms in total. The van der Waals surface area contributed by atoms with Crippen LogP contribution in [0, 0.1) is 0 Å².